The first kappa shape index (κ1) is 18.8. The Balaban J connectivity index is 1.98. The molecule has 1 amide bonds. The van der Waals surface area contributed by atoms with E-state index in [4.69, 9.17) is 0 Å². The number of benzene rings is 1. The predicted octanol–water partition coefficient (Wildman–Crippen LogP) is 3.38. The first-order valence-electron chi connectivity index (χ1n) is 8.03. The number of carbonyl (C=O) groups is 1. The average molecular weight is 449 g/mol. The van der Waals surface area contributed by atoms with Gasteiger partial charge in [0.05, 0.1) is 23.2 Å². The van der Waals surface area contributed by atoms with Crippen molar-refractivity contribution >= 4 is 54.3 Å². The van der Waals surface area contributed by atoms with Gasteiger partial charge in [0.2, 0.25) is 5.91 Å². The third kappa shape index (κ3) is 4.09. The summed E-state index contributed by atoms with van der Waals surface area (Å²) in [5.74, 6) is -0.759. The van der Waals surface area contributed by atoms with Crippen molar-refractivity contribution in [3.63, 3.8) is 0 Å². The third-order valence-corrected chi connectivity index (χ3v) is 7.90. The highest BCUT2D eigenvalue weighted by atomic mass is 79.9. The van der Waals surface area contributed by atoms with Gasteiger partial charge < -0.3 is 4.90 Å². The molecule has 2 aliphatic rings. The Kier molecular flexibility index (Phi) is 5.55. The fourth-order valence-electron chi connectivity index (χ4n) is 3.01. The van der Waals surface area contributed by atoms with Gasteiger partial charge in [-0.05, 0) is 24.6 Å². The molecule has 0 radical (unpaired) electrons. The number of fused-ring (bicyclic) bond motifs is 1. The normalized spacial score (nSPS) is 26.2. The lowest BCUT2D eigenvalue weighted by atomic mass is 10.2. The van der Waals surface area contributed by atoms with E-state index in [1.807, 2.05) is 6.92 Å². The van der Waals surface area contributed by atoms with E-state index in [2.05, 4.69) is 20.9 Å². The van der Waals surface area contributed by atoms with Crippen LogP contribution in [0.15, 0.2) is 27.7 Å². The molecular weight excluding hydrogens is 431 g/mol. The Hall–Kier alpha value is -0.930. The number of hydrogen-bond donors (Lipinski definition) is 0. The fraction of sp³-hybridized carbons (Fsp3) is 0.500. The minimum atomic E-state index is -3.17. The second-order valence-corrected chi connectivity index (χ2v) is 10.4. The summed E-state index contributed by atoms with van der Waals surface area (Å²) in [5.41, 5.74) is 0.252. The highest BCUT2D eigenvalue weighted by molar-refractivity contribution is 9.10. The number of carbonyl (C=O) groups excluding carboxylic acids is 1. The Labute approximate surface area is 159 Å². The summed E-state index contributed by atoms with van der Waals surface area (Å²) < 4.78 is 39.1. The number of anilines is 1. The monoisotopic (exact) mass is 448 g/mol. The lowest BCUT2D eigenvalue weighted by molar-refractivity contribution is -0.117. The Morgan fingerprint density at radius 3 is 2.88 bits per heavy atom. The highest BCUT2D eigenvalue weighted by Crippen LogP contribution is 2.42. The van der Waals surface area contributed by atoms with Gasteiger partial charge in [-0.3, -0.25) is 4.79 Å². The van der Waals surface area contributed by atoms with E-state index in [1.54, 1.807) is 17.0 Å². The van der Waals surface area contributed by atoms with E-state index in [0.717, 1.165) is 12.8 Å². The van der Waals surface area contributed by atoms with Crippen LogP contribution < -0.4 is 4.90 Å². The number of thioether (sulfide) groups is 1. The van der Waals surface area contributed by atoms with Crippen molar-refractivity contribution in [3.8, 4) is 0 Å². The van der Waals surface area contributed by atoms with Crippen LogP contribution in [0.4, 0.5) is 10.1 Å². The molecule has 2 saturated heterocycles. The van der Waals surface area contributed by atoms with E-state index < -0.39 is 21.7 Å². The van der Waals surface area contributed by atoms with Crippen LogP contribution in [0.1, 0.15) is 26.2 Å². The second kappa shape index (κ2) is 7.36. The van der Waals surface area contributed by atoms with E-state index >= 15 is 0 Å². The van der Waals surface area contributed by atoms with Crippen LogP contribution >= 0.6 is 27.7 Å². The van der Waals surface area contributed by atoms with Gasteiger partial charge in [0.15, 0.2) is 15.0 Å². The molecule has 3 rings (SSSR count). The molecule has 2 heterocycles. The van der Waals surface area contributed by atoms with Gasteiger partial charge in [0, 0.05) is 16.1 Å². The van der Waals surface area contributed by atoms with Crippen LogP contribution in [-0.4, -0.2) is 42.3 Å². The molecule has 2 fully saturated rings. The maximum absolute atomic E-state index is 14.5. The van der Waals surface area contributed by atoms with E-state index in [9.17, 15) is 17.6 Å². The van der Waals surface area contributed by atoms with Gasteiger partial charge in [-0.1, -0.05) is 41.0 Å². The van der Waals surface area contributed by atoms with E-state index in [-0.39, 0.29) is 28.4 Å². The maximum atomic E-state index is 14.5. The number of nitrogens with zero attached hydrogens (tertiary/aromatic N) is 2. The first-order chi connectivity index (χ1) is 11.8. The largest absolute Gasteiger partial charge is 0.313 e. The summed E-state index contributed by atoms with van der Waals surface area (Å²) in [5, 5.41) is 0.165. The Morgan fingerprint density at radius 1 is 1.44 bits per heavy atom. The quantitative estimate of drug-likeness (QED) is 0.705. The molecule has 5 nitrogen and oxygen atoms in total. The number of rotatable bonds is 4. The molecule has 0 saturated carbocycles. The zero-order valence-electron chi connectivity index (χ0n) is 13.6. The van der Waals surface area contributed by atoms with Gasteiger partial charge in [-0.25, -0.2) is 12.8 Å². The summed E-state index contributed by atoms with van der Waals surface area (Å²) >= 11 is 4.48. The summed E-state index contributed by atoms with van der Waals surface area (Å²) in [6.07, 6.45) is 1.97. The summed E-state index contributed by atoms with van der Waals surface area (Å²) in [6, 6.07) is 4.20. The van der Waals surface area contributed by atoms with Crippen molar-refractivity contribution in [2.45, 2.75) is 37.5 Å². The van der Waals surface area contributed by atoms with Crippen LogP contribution in [0.5, 0.6) is 0 Å². The molecule has 0 aliphatic carbocycles. The van der Waals surface area contributed by atoms with Gasteiger partial charge in [-0.2, -0.15) is 4.99 Å². The minimum Gasteiger partial charge on any atom is -0.313 e. The summed E-state index contributed by atoms with van der Waals surface area (Å²) in [4.78, 5) is 17.8. The van der Waals surface area contributed by atoms with Gasteiger partial charge in [-0.15, -0.1) is 0 Å². The van der Waals surface area contributed by atoms with Crippen molar-refractivity contribution < 1.29 is 17.6 Å². The van der Waals surface area contributed by atoms with Gasteiger partial charge >= 0.3 is 0 Å². The number of aliphatic imine (C=N–C) groups is 1. The lowest BCUT2D eigenvalue weighted by Gasteiger charge is -2.25. The van der Waals surface area contributed by atoms with E-state index in [0.29, 0.717) is 16.1 Å². The lowest BCUT2D eigenvalue weighted by Crippen LogP contribution is -2.38. The van der Waals surface area contributed by atoms with Gasteiger partial charge in [0.25, 0.3) is 0 Å². The summed E-state index contributed by atoms with van der Waals surface area (Å²) in [7, 11) is -3.17. The fourth-order valence-corrected chi connectivity index (χ4v) is 7.27. The van der Waals surface area contributed by atoms with Gasteiger partial charge in [0.1, 0.15) is 5.82 Å². The van der Waals surface area contributed by atoms with Crippen LogP contribution in [0, 0.1) is 5.82 Å². The maximum Gasteiger partial charge on any atom is 0.248 e. The molecule has 0 aromatic heterocycles. The molecule has 0 N–H and O–H groups in total. The number of sulfone groups is 1. The number of amidine groups is 1. The summed E-state index contributed by atoms with van der Waals surface area (Å²) in [6.45, 7) is 1.99. The molecule has 2 aliphatic heterocycles. The molecule has 25 heavy (non-hydrogen) atoms. The van der Waals surface area contributed by atoms with Crippen LogP contribution in [0.3, 0.4) is 0 Å². The smallest absolute Gasteiger partial charge is 0.248 e. The molecule has 0 bridgehead atoms. The first-order valence-corrected chi connectivity index (χ1v) is 11.5. The molecule has 136 valence electrons. The number of halogens is 2. The zero-order valence-corrected chi connectivity index (χ0v) is 16.8. The van der Waals surface area contributed by atoms with E-state index in [1.165, 1.54) is 17.8 Å². The number of unbranched alkanes of at least 4 members (excludes halogenated alkanes) is 1. The molecule has 2 atom stereocenters. The van der Waals surface area contributed by atoms with Crippen molar-refractivity contribution in [1.29, 1.82) is 0 Å². The SMILES string of the molecule is CCCCC(=O)N=C1S[C@H]2CS(=O)(=O)C[C@H]2N1c1ccc(Br)cc1F. The molecular formula is C16H18BrFN2O3S2. The predicted molar refractivity (Wildman–Crippen MR) is 102 cm³/mol. The topological polar surface area (TPSA) is 66.8 Å². The average Bonchev–Trinajstić information content (AvgIpc) is 2.97. The molecule has 9 heteroatoms. The van der Waals surface area contributed by atoms with Crippen LogP contribution in [0.25, 0.3) is 0 Å². The third-order valence-electron chi connectivity index (χ3n) is 4.20. The number of amides is 1. The van der Waals surface area contributed by atoms with Crippen molar-refractivity contribution in [3.05, 3.63) is 28.5 Å². The molecule has 1 aromatic rings. The molecule has 0 unspecified atom stereocenters. The van der Waals surface area contributed by atoms with Crippen LogP contribution in [-0.2, 0) is 14.6 Å². The zero-order chi connectivity index (χ0) is 18.2. The Morgan fingerprint density at radius 2 is 2.20 bits per heavy atom. The van der Waals surface area contributed by atoms with Crippen molar-refractivity contribution in [2.24, 2.45) is 4.99 Å². The molecule has 1 aromatic carbocycles. The minimum absolute atomic E-state index is 0.0269. The molecule has 0 spiro atoms. The highest BCUT2D eigenvalue weighted by Gasteiger charge is 2.49. The van der Waals surface area contributed by atoms with Crippen molar-refractivity contribution in [2.75, 3.05) is 16.4 Å². The number of hydrogen-bond acceptors (Lipinski definition) is 4. The standard InChI is InChI=1S/C16H18BrFN2O3S2/c1-2-3-4-15(21)19-16-20(12-6-5-10(17)7-11(12)18)13-8-25(22,23)9-14(13)24-16/h5-7,13-14H,2-4,8-9H2,1H3/t13-,14+/m1/s1. The van der Waals surface area contributed by atoms with Crippen molar-refractivity contribution in [1.82, 2.24) is 0 Å². The Bertz CT molecular complexity index is 829. The second-order valence-electron chi connectivity index (χ2n) is 6.16. The van der Waals surface area contributed by atoms with Crippen LogP contribution in [0.2, 0.25) is 0 Å².